The minimum absolute atomic E-state index is 0.260. The minimum atomic E-state index is -0.706. The zero-order chi connectivity index (χ0) is 15.0. The molecule has 0 radical (unpaired) electrons. The van der Waals surface area contributed by atoms with Gasteiger partial charge in [-0.2, -0.15) is 5.10 Å². The van der Waals surface area contributed by atoms with Crippen molar-refractivity contribution in [1.82, 2.24) is 9.78 Å². The molecular formula is C15H25BrN2O2. The van der Waals surface area contributed by atoms with Crippen LogP contribution in [0.2, 0.25) is 0 Å². The number of nitrogens with zero attached hydrogens (tertiary/aromatic N) is 2. The average Bonchev–Trinajstić information content (AvgIpc) is 2.64. The van der Waals surface area contributed by atoms with Crippen LogP contribution in [0.5, 0.6) is 0 Å². The number of hydrogen-bond acceptors (Lipinski definition) is 3. The lowest BCUT2D eigenvalue weighted by Crippen LogP contribution is -2.47. The van der Waals surface area contributed by atoms with Gasteiger partial charge in [0.05, 0.1) is 33.7 Å². The van der Waals surface area contributed by atoms with Gasteiger partial charge in [0.2, 0.25) is 0 Å². The van der Waals surface area contributed by atoms with Gasteiger partial charge in [0.15, 0.2) is 0 Å². The summed E-state index contributed by atoms with van der Waals surface area (Å²) in [5.74, 6) is 0. The zero-order valence-electron chi connectivity index (χ0n) is 12.9. The van der Waals surface area contributed by atoms with Gasteiger partial charge in [0.25, 0.3) is 0 Å². The SMILES string of the molecule is CCc1nn(CC)c(CC2(O)CCOC(C)(C)C2)c1Br. The number of ether oxygens (including phenoxy) is 1. The Morgan fingerprint density at radius 3 is 2.65 bits per heavy atom. The molecule has 1 aliphatic rings. The molecule has 0 saturated carbocycles. The normalized spacial score (nSPS) is 25.9. The molecule has 2 rings (SSSR count). The largest absolute Gasteiger partial charge is 0.389 e. The van der Waals surface area contributed by atoms with Crippen LogP contribution in [0.4, 0.5) is 0 Å². The smallest absolute Gasteiger partial charge is 0.0766 e. The second-order valence-electron chi connectivity index (χ2n) is 6.31. The van der Waals surface area contributed by atoms with Crippen molar-refractivity contribution >= 4 is 15.9 Å². The number of aryl methyl sites for hydroxylation is 2. The van der Waals surface area contributed by atoms with Gasteiger partial charge in [-0.05, 0) is 49.5 Å². The third kappa shape index (κ3) is 3.26. The maximum atomic E-state index is 10.9. The molecule has 1 saturated heterocycles. The van der Waals surface area contributed by atoms with Crippen LogP contribution in [0.1, 0.15) is 51.9 Å². The fourth-order valence-electron chi connectivity index (χ4n) is 3.10. The number of aromatic nitrogens is 2. The van der Waals surface area contributed by atoms with E-state index in [1.807, 2.05) is 18.5 Å². The van der Waals surface area contributed by atoms with Gasteiger partial charge >= 0.3 is 0 Å². The Hall–Kier alpha value is -0.390. The molecular weight excluding hydrogens is 320 g/mol. The molecule has 20 heavy (non-hydrogen) atoms. The predicted octanol–water partition coefficient (Wildman–Crippen LogP) is 3.09. The first-order valence-corrected chi connectivity index (χ1v) is 8.20. The molecule has 0 aliphatic carbocycles. The van der Waals surface area contributed by atoms with Crippen molar-refractivity contribution in [3.05, 3.63) is 15.9 Å². The molecule has 1 unspecified atom stereocenters. The molecule has 0 bridgehead atoms. The highest BCUT2D eigenvalue weighted by atomic mass is 79.9. The van der Waals surface area contributed by atoms with Crippen molar-refractivity contribution in [2.24, 2.45) is 0 Å². The van der Waals surface area contributed by atoms with Crippen molar-refractivity contribution in [3.63, 3.8) is 0 Å². The molecule has 1 aliphatic heterocycles. The van der Waals surface area contributed by atoms with Gasteiger partial charge in [-0.15, -0.1) is 0 Å². The topological polar surface area (TPSA) is 47.3 Å². The highest BCUT2D eigenvalue weighted by molar-refractivity contribution is 9.10. The van der Waals surface area contributed by atoms with Crippen molar-refractivity contribution in [3.8, 4) is 0 Å². The van der Waals surface area contributed by atoms with Crippen LogP contribution in [0.25, 0.3) is 0 Å². The monoisotopic (exact) mass is 344 g/mol. The molecule has 5 heteroatoms. The van der Waals surface area contributed by atoms with Crippen molar-refractivity contribution in [1.29, 1.82) is 0 Å². The second-order valence-corrected chi connectivity index (χ2v) is 7.11. The summed E-state index contributed by atoms with van der Waals surface area (Å²) in [7, 11) is 0. The molecule has 114 valence electrons. The fourth-order valence-corrected chi connectivity index (χ4v) is 3.80. The standard InChI is InChI=1S/C15H25BrN2O2/c1-5-11-13(16)12(18(6-2)17-11)9-15(19)7-8-20-14(3,4)10-15/h19H,5-10H2,1-4H3. The number of rotatable bonds is 4. The molecule has 1 aromatic rings. The third-order valence-corrected chi connectivity index (χ3v) is 4.92. The van der Waals surface area contributed by atoms with Gasteiger partial charge in [0.1, 0.15) is 0 Å². The maximum absolute atomic E-state index is 10.9. The number of hydrogen-bond donors (Lipinski definition) is 1. The first-order chi connectivity index (χ1) is 9.30. The van der Waals surface area contributed by atoms with Crippen molar-refractivity contribution in [2.75, 3.05) is 6.61 Å². The van der Waals surface area contributed by atoms with E-state index in [0.717, 1.165) is 28.8 Å². The number of halogens is 1. The van der Waals surface area contributed by atoms with E-state index in [0.29, 0.717) is 25.9 Å². The molecule has 1 N–H and O–H groups in total. The summed E-state index contributed by atoms with van der Waals surface area (Å²) >= 11 is 3.66. The first-order valence-electron chi connectivity index (χ1n) is 7.40. The molecule has 1 fully saturated rings. The molecule has 2 heterocycles. The average molecular weight is 345 g/mol. The molecule has 0 amide bonds. The lowest BCUT2D eigenvalue weighted by atomic mass is 9.81. The van der Waals surface area contributed by atoms with Crippen LogP contribution < -0.4 is 0 Å². The molecule has 0 spiro atoms. The Labute approximate surface area is 129 Å². The van der Waals surface area contributed by atoms with Crippen molar-refractivity contribution < 1.29 is 9.84 Å². The van der Waals surface area contributed by atoms with Gasteiger partial charge in [-0.3, -0.25) is 4.68 Å². The quantitative estimate of drug-likeness (QED) is 0.912. The molecule has 1 aromatic heterocycles. The second kappa shape index (κ2) is 5.78. The summed E-state index contributed by atoms with van der Waals surface area (Å²) in [6, 6.07) is 0. The lowest BCUT2D eigenvalue weighted by Gasteiger charge is -2.41. The van der Waals surface area contributed by atoms with Gasteiger partial charge in [-0.25, -0.2) is 0 Å². The van der Waals surface area contributed by atoms with Crippen LogP contribution in [-0.2, 0) is 24.1 Å². The highest BCUT2D eigenvalue weighted by Gasteiger charge is 2.40. The summed E-state index contributed by atoms with van der Waals surface area (Å²) in [4.78, 5) is 0. The number of aliphatic hydroxyl groups is 1. The Morgan fingerprint density at radius 2 is 2.10 bits per heavy atom. The minimum Gasteiger partial charge on any atom is -0.389 e. The van der Waals surface area contributed by atoms with E-state index in [1.54, 1.807) is 0 Å². The Kier molecular flexibility index (Phi) is 4.62. The highest BCUT2D eigenvalue weighted by Crippen LogP contribution is 2.36. The Morgan fingerprint density at radius 1 is 1.40 bits per heavy atom. The maximum Gasteiger partial charge on any atom is 0.0766 e. The van der Waals surface area contributed by atoms with Gasteiger partial charge in [0, 0.05) is 19.4 Å². The van der Waals surface area contributed by atoms with Crippen molar-refractivity contribution in [2.45, 2.75) is 71.1 Å². The van der Waals surface area contributed by atoms with E-state index in [9.17, 15) is 5.11 Å². The van der Waals surface area contributed by atoms with E-state index in [1.165, 1.54) is 0 Å². The summed E-state index contributed by atoms with van der Waals surface area (Å²) in [6.07, 6.45) is 2.86. The summed E-state index contributed by atoms with van der Waals surface area (Å²) in [5, 5.41) is 15.6. The van der Waals surface area contributed by atoms with E-state index in [-0.39, 0.29) is 5.60 Å². The summed E-state index contributed by atoms with van der Waals surface area (Å²) in [6.45, 7) is 9.71. The van der Waals surface area contributed by atoms with Gasteiger partial charge in [-0.1, -0.05) is 6.92 Å². The van der Waals surface area contributed by atoms with Crippen LogP contribution in [0, 0.1) is 0 Å². The molecule has 4 nitrogen and oxygen atoms in total. The molecule has 0 aromatic carbocycles. The van der Waals surface area contributed by atoms with Crippen LogP contribution in [0.15, 0.2) is 4.47 Å². The van der Waals surface area contributed by atoms with Crippen LogP contribution in [-0.4, -0.2) is 32.7 Å². The van der Waals surface area contributed by atoms with E-state index < -0.39 is 5.60 Å². The van der Waals surface area contributed by atoms with E-state index in [2.05, 4.69) is 34.9 Å². The summed E-state index contributed by atoms with van der Waals surface area (Å²) < 4.78 is 8.78. The third-order valence-electron chi connectivity index (χ3n) is 4.01. The first kappa shape index (κ1) is 16.0. The zero-order valence-corrected chi connectivity index (χ0v) is 14.5. The lowest BCUT2D eigenvalue weighted by molar-refractivity contribution is -0.143. The van der Waals surface area contributed by atoms with E-state index in [4.69, 9.17) is 4.74 Å². The van der Waals surface area contributed by atoms with Crippen LogP contribution in [0.3, 0.4) is 0 Å². The van der Waals surface area contributed by atoms with Crippen LogP contribution >= 0.6 is 15.9 Å². The predicted molar refractivity (Wildman–Crippen MR) is 82.9 cm³/mol. The fraction of sp³-hybridized carbons (Fsp3) is 0.800. The molecule has 1 atom stereocenters. The Bertz CT molecular complexity index is 484. The van der Waals surface area contributed by atoms with Gasteiger partial charge < -0.3 is 9.84 Å². The summed E-state index contributed by atoms with van der Waals surface area (Å²) in [5.41, 5.74) is 1.20. The Balaban J connectivity index is 2.27. The van der Waals surface area contributed by atoms with E-state index >= 15 is 0 Å².